The van der Waals surface area contributed by atoms with Gasteiger partial charge in [0, 0.05) is 37.8 Å². The van der Waals surface area contributed by atoms with Crippen LogP contribution >= 0.6 is 0 Å². The van der Waals surface area contributed by atoms with Crippen LogP contribution in [-0.4, -0.2) is 49.8 Å². The second kappa shape index (κ2) is 7.56. The molecular formula is C23H30N4O2. The number of nitrogens with one attached hydrogen (secondary N) is 1. The molecule has 2 aliphatic carbocycles. The summed E-state index contributed by atoms with van der Waals surface area (Å²) in [6.45, 7) is 1.30. The number of aromatic nitrogens is 3. The van der Waals surface area contributed by atoms with E-state index >= 15 is 0 Å². The number of hydrogen-bond acceptors (Lipinski definition) is 4. The van der Waals surface area contributed by atoms with Crippen molar-refractivity contribution in [3.8, 4) is 0 Å². The molecule has 1 aromatic heterocycles. The zero-order valence-electron chi connectivity index (χ0n) is 16.9. The second-order valence-corrected chi connectivity index (χ2v) is 9.16. The average Bonchev–Trinajstić information content (AvgIpc) is 3.39. The van der Waals surface area contributed by atoms with Gasteiger partial charge in [-0.25, -0.2) is 4.98 Å². The Labute approximate surface area is 171 Å². The number of aromatic amines is 1. The Morgan fingerprint density at radius 2 is 1.72 bits per heavy atom. The summed E-state index contributed by atoms with van der Waals surface area (Å²) in [4.78, 5) is 19.9. The highest BCUT2D eigenvalue weighted by Gasteiger charge is 2.45. The Balaban J connectivity index is 1.27. The van der Waals surface area contributed by atoms with E-state index < -0.39 is 5.60 Å². The lowest BCUT2D eigenvalue weighted by atomic mass is 9.89. The highest BCUT2D eigenvalue weighted by molar-refractivity contribution is 5.87. The fourth-order valence-corrected chi connectivity index (χ4v) is 5.44. The first kappa shape index (κ1) is 18.8. The number of likely N-dealkylation sites (tertiary alicyclic amines) is 1. The van der Waals surface area contributed by atoms with Gasteiger partial charge in [0.25, 0.3) is 5.91 Å². The van der Waals surface area contributed by atoms with Crippen LogP contribution in [0.2, 0.25) is 0 Å². The van der Waals surface area contributed by atoms with E-state index in [2.05, 4.69) is 10.2 Å². The van der Waals surface area contributed by atoms with Crippen molar-refractivity contribution in [2.24, 2.45) is 0 Å². The van der Waals surface area contributed by atoms with Crippen LogP contribution in [0, 0.1) is 0 Å². The minimum Gasteiger partial charge on any atom is -0.379 e. The van der Waals surface area contributed by atoms with Crippen molar-refractivity contribution in [3.05, 3.63) is 47.0 Å². The Morgan fingerprint density at radius 1 is 1.03 bits per heavy atom. The molecule has 29 heavy (non-hydrogen) atoms. The number of piperidine rings is 1. The van der Waals surface area contributed by atoms with Crippen LogP contribution in [-0.2, 0) is 17.6 Å². The molecule has 3 aliphatic rings. The fraction of sp³-hybridized carbons (Fsp3) is 0.609. The summed E-state index contributed by atoms with van der Waals surface area (Å²) >= 11 is 0. The molecule has 1 aliphatic heterocycles. The molecule has 1 saturated heterocycles. The summed E-state index contributed by atoms with van der Waals surface area (Å²) in [6, 6.07) is 7.97. The lowest BCUT2D eigenvalue weighted by molar-refractivity contribution is -0.151. The van der Waals surface area contributed by atoms with Crippen molar-refractivity contribution in [2.75, 3.05) is 13.1 Å². The lowest BCUT2D eigenvalue weighted by Crippen LogP contribution is -2.52. The predicted octanol–water partition coefficient (Wildman–Crippen LogP) is 3.09. The van der Waals surface area contributed by atoms with Gasteiger partial charge in [0.15, 0.2) is 11.4 Å². The van der Waals surface area contributed by atoms with Crippen molar-refractivity contribution in [2.45, 2.75) is 75.2 Å². The number of carbonyl (C=O) groups is 1. The van der Waals surface area contributed by atoms with E-state index in [9.17, 15) is 9.90 Å². The van der Waals surface area contributed by atoms with Gasteiger partial charge in [-0.3, -0.25) is 9.89 Å². The molecule has 6 heteroatoms. The van der Waals surface area contributed by atoms with E-state index in [4.69, 9.17) is 4.98 Å². The molecular weight excluding hydrogens is 364 g/mol. The van der Waals surface area contributed by atoms with Crippen LogP contribution in [0.4, 0.5) is 0 Å². The zero-order valence-corrected chi connectivity index (χ0v) is 16.9. The Morgan fingerprint density at radius 3 is 2.45 bits per heavy atom. The first-order valence-corrected chi connectivity index (χ1v) is 11.1. The van der Waals surface area contributed by atoms with E-state index in [0.717, 1.165) is 35.6 Å². The molecule has 1 aromatic carbocycles. The fourth-order valence-electron chi connectivity index (χ4n) is 5.44. The number of aliphatic hydroxyl groups is 1. The number of fused-ring (bicyclic) bond motifs is 1. The molecule has 0 spiro atoms. The van der Waals surface area contributed by atoms with E-state index in [-0.39, 0.29) is 11.8 Å². The first-order valence-electron chi connectivity index (χ1n) is 11.1. The molecule has 2 aromatic rings. The summed E-state index contributed by atoms with van der Waals surface area (Å²) in [6.07, 6.45) is 8.99. The van der Waals surface area contributed by atoms with Crippen molar-refractivity contribution in [1.82, 2.24) is 20.1 Å². The van der Waals surface area contributed by atoms with Gasteiger partial charge in [-0.1, -0.05) is 43.5 Å². The van der Waals surface area contributed by atoms with Crippen LogP contribution in [0.5, 0.6) is 0 Å². The Bertz CT molecular complexity index is 862. The second-order valence-electron chi connectivity index (χ2n) is 9.16. The SMILES string of the molecule is O=C(N1CCCC(c2n[nH]c(C3CCCCC3)n2)C1)C1(O)Cc2ccccc2C1. The number of benzene rings is 1. The summed E-state index contributed by atoms with van der Waals surface area (Å²) in [5.41, 5.74) is 0.865. The van der Waals surface area contributed by atoms with E-state index in [0.29, 0.717) is 31.8 Å². The van der Waals surface area contributed by atoms with Gasteiger partial charge >= 0.3 is 0 Å². The average molecular weight is 395 g/mol. The lowest BCUT2D eigenvalue weighted by Gasteiger charge is -2.36. The van der Waals surface area contributed by atoms with Crippen LogP contribution in [0.15, 0.2) is 24.3 Å². The minimum absolute atomic E-state index is 0.138. The Hall–Kier alpha value is -2.21. The number of carbonyl (C=O) groups excluding carboxylic acids is 1. The largest absolute Gasteiger partial charge is 0.379 e. The highest BCUT2D eigenvalue weighted by atomic mass is 16.3. The van der Waals surface area contributed by atoms with Crippen molar-refractivity contribution < 1.29 is 9.90 Å². The molecule has 154 valence electrons. The molecule has 5 rings (SSSR count). The topological polar surface area (TPSA) is 82.1 Å². The maximum absolute atomic E-state index is 13.2. The van der Waals surface area contributed by atoms with Crippen LogP contribution < -0.4 is 0 Å². The third-order valence-corrected chi connectivity index (χ3v) is 7.07. The molecule has 0 bridgehead atoms. The number of nitrogens with zero attached hydrogens (tertiary/aromatic N) is 3. The van der Waals surface area contributed by atoms with Crippen molar-refractivity contribution in [3.63, 3.8) is 0 Å². The minimum atomic E-state index is -1.31. The van der Waals surface area contributed by atoms with Gasteiger partial charge in [0.2, 0.25) is 0 Å². The van der Waals surface area contributed by atoms with Gasteiger partial charge in [0.1, 0.15) is 5.82 Å². The van der Waals surface area contributed by atoms with E-state index in [1.807, 2.05) is 29.2 Å². The van der Waals surface area contributed by atoms with E-state index in [1.165, 1.54) is 32.1 Å². The third kappa shape index (κ3) is 3.59. The summed E-state index contributed by atoms with van der Waals surface area (Å²) in [5.74, 6) is 2.37. The summed E-state index contributed by atoms with van der Waals surface area (Å²) in [5, 5.41) is 18.8. The van der Waals surface area contributed by atoms with Gasteiger partial charge < -0.3 is 10.0 Å². The Kier molecular flexibility index (Phi) is 4.90. The number of amides is 1. The number of rotatable bonds is 3. The molecule has 0 radical (unpaired) electrons. The normalized spacial score (nSPS) is 24.4. The van der Waals surface area contributed by atoms with Gasteiger partial charge in [-0.2, -0.15) is 5.10 Å². The predicted molar refractivity (Wildman–Crippen MR) is 110 cm³/mol. The molecule has 1 atom stereocenters. The molecule has 2 fully saturated rings. The number of hydrogen-bond donors (Lipinski definition) is 2. The molecule has 2 heterocycles. The van der Waals surface area contributed by atoms with Gasteiger partial charge in [-0.15, -0.1) is 0 Å². The molecule has 2 N–H and O–H groups in total. The van der Waals surface area contributed by atoms with Crippen molar-refractivity contribution >= 4 is 5.91 Å². The quantitative estimate of drug-likeness (QED) is 0.838. The van der Waals surface area contributed by atoms with Crippen LogP contribution in [0.3, 0.4) is 0 Å². The number of H-pyrrole nitrogens is 1. The molecule has 1 saturated carbocycles. The zero-order chi connectivity index (χ0) is 19.8. The standard InChI is InChI=1S/C23H30N4O2/c28-22(23(29)13-17-9-4-5-10-18(17)14-23)27-12-6-11-19(15-27)21-24-20(25-26-21)16-7-2-1-3-8-16/h4-5,9-10,16,19,29H,1-3,6-8,11-15H2,(H,24,25,26). The monoisotopic (exact) mass is 394 g/mol. The maximum atomic E-state index is 13.2. The highest BCUT2D eigenvalue weighted by Crippen LogP contribution is 2.35. The first-order chi connectivity index (χ1) is 14.1. The summed E-state index contributed by atoms with van der Waals surface area (Å²) in [7, 11) is 0. The smallest absolute Gasteiger partial charge is 0.255 e. The van der Waals surface area contributed by atoms with Gasteiger partial charge in [0.05, 0.1) is 0 Å². The molecule has 1 amide bonds. The van der Waals surface area contributed by atoms with Crippen LogP contribution in [0.25, 0.3) is 0 Å². The summed E-state index contributed by atoms with van der Waals surface area (Å²) < 4.78 is 0. The van der Waals surface area contributed by atoms with Gasteiger partial charge in [-0.05, 0) is 36.8 Å². The van der Waals surface area contributed by atoms with Crippen molar-refractivity contribution in [1.29, 1.82) is 0 Å². The van der Waals surface area contributed by atoms with E-state index in [1.54, 1.807) is 0 Å². The molecule has 6 nitrogen and oxygen atoms in total. The molecule has 1 unspecified atom stereocenters. The van der Waals surface area contributed by atoms with Crippen LogP contribution in [0.1, 0.15) is 79.6 Å². The third-order valence-electron chi connectivity index (χ3n) is 7.07. The maximum Gasteiger partial charge on any atom is 0.255 e.